The highest BCUT2D eigenvalue weighted by molar-refractivity contribution is 5.91. The number of amides is 1. The van der Waals surface area contributed by atoms with Gasteiger partial charge in [0, 0.05) is 38.3 Å². The number of hydrogen-bond donors (Lipinski definition) is 2. The zero-order valence-electron chi connectivity index (χ0n) is 12.4. The Kier molecular flexibility index (Phi) is 5.52. The highest BCUT2D eigenvalue weighted by Gasteiger charge is 2.13. The van der Waals surface area contributed by atoms with Crippen LogP contribution in [0, 0.1) is 5.82 Å². The number of piperazine rings is 1. The molecule has 0 spiro atoms. The fourth-order valence-electron chi connectivity index (χ4n) is 2.38. The first kappa shape index (κ1) is 15.7. The van der Waals surface area contributed by atoms with Crippen molar-refractivity contribution in [3.05, 3.63) is 24.0 Å². The SMILES string of the molecule is CN1CCN(CCCC(=O)Nc2ccc(F)c(N)c2)CC1. The summed E-state index contributed by atoms with van der Waals surface area (Å²) in [5.41, 5.74) is 6.06. The van der Waals surface area contributed by atoms with Gasteiger partial charge >= 0.3 is 0 Å². The summed E-state index contributed by atoms with van der Waals surface area (Å²) in [4.78, 5) is 16.5. The Bertz CT molecular complexity index is 487. The summed E-state index contributed by atoms with van der Waals surface area (Å²) in [5.74, 6) is -0.529. The third kappa shape index (κ3) is 4.99. The molecular weight excluding hydrogens is 271 g/mol. The Morgan fingerprint density at radius 2 is 2.05 bits per heavy atom. The number of benzene rings is 1. The van der Waals surface area contributed by atoms with E-state index in [2.05, 4.69) is 22.2 Å². The first-order chi connectivity index (χ1) is 10.0. The van der Waals surface area contributed by atoms with Crippen molar-refractivity contribution < 1.29 is 9.18 Å². The van der Waals surface area contributed by atoms with E-state index >= 15 is 0 Å². The van der Waals surface area contributed by atoms with Crippen LogP contribution in [0.25, 0.3) is 0 Å². The number of nitrogens with zero attached hydrogens (tertiary/aromatic N) is 2. The summed E-state index contributed by atoms with van der Waals surface area (Å²) in [6, 6.07) is 4.22. The molecule has 0 bridgehead atoms. The van der Waals surface area contributed by atoms with E-state index in [-0.39, 0.29) is 11.6 Å². The van der Waals surface area contributed by atoms with Crippen molar-refractivity contribution in [3.63, 3.8) is 0 Å². The zero-order valence-corrected chi connectivity index (χ0v) is 12.4. The number of nitrogens with one attached hydrogen (secondary N) is 1. The minimum Gasteiger partial charge on any atom is -0.396 e. The lowest BCUT2D eigenvalue weighted by Crippen LogP contribution is -2.44. The van der Waals surface area contributed by atoms with Crippen LogP contribution >= 0.6 is 0 Å². The molecule has 21 heavy (non-hydrogen) atoms. The first-order valence-corrected chi connectivity index (χ1v) is 7.30. The van der Waals surface area contributed by atoms with Gasteiger partial charge in [0.25, 0.3) is 0 Å². The van der Waals surface area contributed by atoms with E-state index < -0.39 is 5.82 Å². The van der Waals surface area contributed by atoms with Crippen LogP contribution < -0.4 is 11.1 Å². The molecule has 0 aromatic heterocycles. The maximum atomic E-state index is 13.0. The van der Waals surface area contributed by atoms with Crippen LogP contribution in [0.4, 0.5) is 15.8 Å². The fraction of sp³-hybridized carbons (Fsp3) is 0.533. The molecular formula is C15H23FN4O. The molecule has 2 rings (SSSR count). The van der Waals surface area contributed by atoms with E-state index in [1.807, 2.05) is 0 Å². The Balaban J connectivity index is 1.68. The van der Waals surface area contributed by atoms with E-state index in [0.29, 0.717) is 12.1 Å². The molecule has 1 aliphatic rings. The number of anilines is 2. The summed E-state index contributed by atoms with van der Waals surface area (Å²) in [6.07, 6.45) is 1.29. The summed E-state index contributed by atoms with van der Waals surface area (Å²) < 4.78 is 13.0. The Hall–Kier alpha value is -1.66. The molecule has 3 N–H and O–H groups in total. The van der Waals surface area contributed by atoms with Gasteiger partial charge in [0.15, 0.2) is 0 Å². The van der Waals surface area contributed by atoms with Gasteiger partial charge in [-0.3, -0.25) is 4.79 Å². The molecule has 1 fully saturated rings. The number of nitrogens with two attached hydrogens (primary N) is 1. The molecule has 0 atom stereocenters. The number of likely N-dealkylation sites (N-methyl/N-ethyl adjacent to an activating group) is 1. The van der Waals surface area contributed by atoms with Crippen LogP contribution in [0.2, 0.25) is 0 Å². The molecule has 1 saturated heterocycles. The first-order valence-electron chi connectivity index (χ1n) is 7.30. The van der Waals surface area contributed by atoms with Crippen molar-refractivity contribution in [2.75, 3.05) is 50.8 Å². The molecule has 1 aromatic rings. The highest BCUT2D eigenvalue weighted by atomic mass is 19.1. The van der Waals surface area contributed by atoms with Gasteiger partial charge in [-0.05, 0) is 38.2 Å². The van der Waals surface area contributed by atoms with Crippen LogP contribution in [-0.2, 0) is 4.79 Å². The quantitative estimate of drug-likeness (QED) is 0.805. The number of nitrogen functional groups attached to an aromatic ring is 1. The minimum atomic E-state index is -0.469. The normalized spacial score (nSPS) is 16.9. The van der Waals surface area contributed by atoms with Gasteiger partial charge in [-0.2, -0.15) is 0 Å². The summed E-state index contributed by atoms with van der Waals surface area (Å²) in [7, 11) is 2.12. The molecule has 0 aliphatic carbocycles. The lowest BCUT2D eigenvalue weighted by Gasteiger charge is -2.32. The molecule has 6 heteroatoms. The maximum absolute atomic E-state index is 13.0. The molecule has 0 saturated carbocycles. The molecule has 0 unspecified atom stereocenters. The van der Waals surface area contributed by atoms with Gasteiger partial charge in [-0.1, -0.05) is 0 Å². The summed E-state index contributed by atoms with van der Waals surface area (Å²) >= 11 is 0. The van der Waals surface area contributed by atoms with Crippen molar-refractivity contribution in [3.8, 4) is 0 Å². The van der Waals surface area contributed by atoms with Crippen LogP contribution in [-0.4, -0.2) is 55.5 Å². The summed E-state index contributed by atoms with van der Waals surface area (Å²) in [6.45, 7) is 5.23. The number of carbonyl (C=O) groups is 1. The molecule has 1 amide bonds. The lowest BCUT2D eigenvalue weighted by molar-refractivity contribution is -0.116. The largest absolute Gasteiger partial charge is 0.396 e. The summed E-state index contributed by atoms with van der Waals surface area (Å²) in [5, 5.41) is 2.74. The van der Waals surface area contributed by atoms with Crippen LogP contribution in [0.5, 0.6) is 0 Å². The third-order valence-electron chi connectivity index (χ3n) is 3.75. The van der Waals surface area contributed by atoms with Gasteiger partial charge in [0.05, 0.1) is 5.69 Å². The van der Waals surface area contributed by atoms with Gasteiger partial charge < -0.3 is 20.9 Å². The number of hydrogen-bond acceptors (Lipinski definition) is 4. The van der Waals surface area contributed by atoms with Gasteiger partial charge in [0.2, 0.25) is 5.91 Å². The molecule has 1 aliphatic heterocycles. The van der Waals surface area contributed by atoms with Gasteiger partial charge in [-0.15, -0.1) is 0 Å². The van der Waals surface area contributed by atoms with Crippen molar-refractivity contribution in [1.82, 2.24) is 9.80 Å². The third-order valence-corrected chi connectivity index (χ3v) is 3.75. The predicted octanol–water partition coefficient (Wildman–Crippen LogP) is 1.37. The van der Waals surface area contributed by atoms with Crippen LogP contribution in [0.1, 0.15) is 12.8 Å². The van der Waals surface area contributed by atoms with Crippen molar-refractivity contribution in [2.24, 2.45) is 0 Å². The van der Waals surface area contributed by atoms with E-state index in [0.717, 1.165) is 39.1 Å². The Morgan fingerprint density at radius 1 is 1.33 bits per heavy atom. The maximum Gasteiger partial charge on any atom is 0.224 e. The fourth-order valence-corrected chi connectivity index (χ4v) is 2.38. The second kappa shape index (κ2) is 7.38. The molecule has 1 heterocycles. The smallest absolute Gasteiger partial charge is 0.224 e. The Labute approximate surface area is 124 Å². The van der Waals surface area contributed by atoms with E-state index in [1.54, 1.807) is 0 Å². The molecule has 5 nitrogen and oxygen atoms in total. The number of carbonyl (C=O) groups excluding carboxylic acids is 1. The Morgan fingerprint density at radius 3 is 2.71 bits per heavy atom. The second-order valence-electron chi connectivity index (χ2n) is 5.53. The molecule has 0 radical (unpaired) electrons. The molecule has 116 valence electrons. The van der Waals surface area contributed by atoms with Gasteiger partial charge in [-0.25, -0.2) is 4.39 Å². The van der Waals surface area contributed by atoms with Crippen LogP contribution in [0.3, 0.4) is 0 Å². The average molecular weight is 294 g/mol. The van der Waals surface area contributed by atoms with Crippen molar-refractivity contribution in [2.45, 2.75) is 12.8 Å². The topological polar surface area (TPSA) is 61.6 Å². The predicted molar refractivity (Wildman–Crippen MR) is 82.6 cm³/mol. The molecule has 1 aromatic carbocycles. The van der Waals surface area contributed by atoms with Gasteiger partial charge in [0.1, 0.15) is 5.82 Å². The van der Waals surface area contributed by atoms with Crippen molar-refractivity contribution in [1.29, 1.82) is 0 Å². The minimum absolute atomic E-state index is 0.0465. The van der Waals surface area contributed by atoms with Crippen LogP contribution in [0.15, 0.2) is 18.2 Å². The highest BCUT2D eigenvalue weighted by Crippen LogP contribution is 2.16. The van der Waals surface area contributed by atoms with Crippen molar-refractivity contribution >= 4 is 17.3 Å². The van der Waals surface area contributed by atoms with E-state index in [4.69, 9.17) is 5.73 Å². The number of halogens is 1. The van der Waals surface area contributed by atoms with E-state index in [1.165, 1.54) is 18.2 Å². The average Bonchev–Trinajstić information content (AvgIpc) is 2.45. The number of rotatable bonds is 5. The second-order valence-corrected chi connectivity index (χ2v) is 5.53. The van der Waals surface area contributed by atoms with E-state index in [9.17, 15) is 9.18 Å². The zero-order chi connectivity index (χ0) is 15.2. The lowest BCUT2D eigenvalue weighted by atomic mass is 10.2. The monoisotopic (exact) mass is 294 g/mol. The standard InChI is InChI=1S/C15H23FN4O/c1-19-7-9-20(10-8-19)6-2-3-15(21)18-12-4-5-13(16)14(17)11-12/h4-5,11H,2-3,6-10,17H2,1H3,(H,18,21).